The number of nitrogens with one attached hydrogen (secondary N) is 1. The molecule has 2 aromatic carbocycles. The summed E-state index contributed by atoms with van der Waals surface area (Å²) in [5, 5.41) is 3.51. The van der Waals surface area contributed by atoms with E-state index < -0.39 is 0 Å². The largest absolute Gasteiger partial charge is 0.356 e. The Morgan fingerprint density at radius 2 is 1.74 bits per heavy atom. The van der Waals surface area contributed by atoms with Gasteiger partial charge in [-0.05, 0) is 98.6 Å². The molecule has 1 N–H and O–H groups in total. The Labute approximate surface area is 191 Å². The average molecular weight is 416 g/mol. The first-order chi connectivity index (χ1) is 14.9. The summed E-state index contributed by atoms with van der Waals surface area (Å²) in [6.45, 7) is 15.0. The van der Waals surface area contributed by atoms with Gasteiger partial charge in [0.2, 0.25) is 0 Å². The Kier molecular flexibility index (Phi) is 10.4. The molecule has 0 radical (unpaired) electrons. The van der Waals surface area contributed by atoms with Crippen LogP contribution in [0.3, 0.4) is 0 Å². The number of unbranched alkanes of at least 4 members (excludes halogenated alkanes) is 3. The van der Waals surface area contributed by atoms with Gasteiger partial charge in [-0.15, -0.1) is 0 Å². The predicted octanol–water partition coefficient (Wildman–Crippen LogP) is 8.66. The first-order valence-corrected chi connectivity index (χ1v) is 11.9. The zero-order valence-electron chi connectivity index (χ0n) is 20.4. The molecule has 2 rings (SSSR count). The topological polar surface area (TPSA) is 12.0 Å². The maximum absolute atomic E-state index is 3.99. The zero-order valence-corrected chi connectivity index (χ0v) is 20.4. The molecule has 0 aliphatic heterocycles. The van der Waals surface area contributed by atoms with Gasteiger partial charge in [-0.2, -0.15) is 0 Å². The highest BCUT2D eigenvalue weighted by Gasteiger charge is 2.03. The fraction of sp³-hybridized carbons (Fsp3) is 0.400. The summed E-state index contributed by atoms with van der Waals surface area (Å²) in [4.78, 5) is 0. The number of hydrogen-bond acceptors (Lipinski definition) is 1. The number of benzene rings is 2. The lowest BCUT2D eigenvalue weighted by molar-refractivity contribution is 0.665. The van der Waals surface area contributed by atoms with E-state index in [1.54, 1.807) is 0 Å². The first kappa shape index (κ1) is 24.7. The SMILES string of the molecule is C=C/C(=C\C=C(\C)Cc1ccc(C)c(CCCCCC)c1)Nc1cc(C)cc(CC)c1. The summed E-state index contributed by atoms with van der Waals surface area (Å²) in [7, 11) is 0. The highest BCUT2D eigenvalue weighted by Crippen LogP contribution is 2.19. The minimum absolute atomic E-state index is 0.980. The van der Waals surface area contributed by atoms with Gasteiger partial charge in [-0.1, -0.05) is 75.6 Å². The molecule has 0 atom stereocenters. The predicted molar refractivity (Wildman–Crippen MR) is 139 cm³/mol. The van der Waals surface area contributed by atoms with Gasteiger partial charge >= 0.3 is 0 Å². The van der Waals surface area contributed by atoms with Gasteiger partial charge < -0.3 is 5.32 Å². The molecule has 0 aliphatic rings. The minimum atomic E-state index is 0.980. The quantitative estimate of drug-likeness (QED) is 0.270. The molecular formula is C30H41N. The van der Waals surface area contributed by atoms with Gasteiger partial charge in [0.25, 0.3) is 0 Å². The van der Waals surface area contributed by atoms with Gasteiger partial charge in [0, 0.05) is 11.4 Å². The third-order valence-electron chi connectivity index (χ3n) is 5.80. The van der Waals surface area contributed by atoms with Crippen LogP contribution in [0.1, 0.15) is 74.3 Å². The normalized spacial score (nSPS) is 12.2. The number of allylic oxidation sites excluding steroid dienone is 4. The lowest BCUT2D eigenvalue weighted by atomic mass is 9.96. The van der Waals surface area contributed by atoms with E-state index in [-0.39, 0.29) is 0 Å². The number of rotatable bonds is 12. The van der Waals surface area contributed by atoms with Crippen molar-refractivity contribution < 1.29 is 0 Å². The monoisotopic (exact) mass is 415 g/mol. The molecule has 0 saturated carbocycles. The Balaban J connectivity index is 2.05. The highest BCUT2D eigenvalue weighted by molar-refractivity contribution is 5.54. The van der Waals surface area contributed by atoms with Crippen LogP contribution >= 0.6 is 0 Å². The molecule has 1 heteroatoms. The van der Waals surface area contributed by atoms with Crippen molar-refractivity contribution in [2.75, 3.05) is 5.32 Å². The van der Waals surface area contributed by atoms with Crippen molar-refractivity contribution in [2.24, 2.45) is 0 Å². The van der Waals surface area contributed by atoms with Crippen LogP contribution in [0.15, 0.2) is 72.5 Å². The van der Waals surface area contributed by atoms with Crippen molar-refractivity contribution in [1.82, 2.24) is 0 Å². The van der Waals surface area contributed by atoms with E-state index in [9.17, 15) is 0 Å². The summed E-state index contributed by atoms with van der Waals surface area (Å²) >= 11 is 0. The number of aryl methyl sites for hydroxylation is 4. The molecule has 0 heterocycles. The summed E-state index contributed by atoms with van der Waals surface area (Å²) in [6.07, 6.45) is 14.7. The van der Waals surface area contributed by atoms with Gasteiger partial charge in [0.05, 0.1) is 0 Å². The first-order valence-electron chi connectivity index (χ1n) is 11.9. The van der Waals surface area contributed by atoms with Crippen molar-refractivity contribution in [1.29, 1.82) is 0 Å². The molecule has 0 unspecified atom stereocenters. The molecular weight excluding hydrogens is 374 g/mol. The van der Waals surface area contributed by atoms with Crippen LogP contribution in [0.2, 0.25) is 0 Å². The molecule has 0 bridgehead atoms. The molecule has 0 aliphatic carbocycles. The van der Waals surface area contributed by atoms with Crippen LogP contribution < -0.4 is 5.32 Å². The van der Waals surface area contributed by atoms with Crippen molar-refractivity contribution in [3.05, 3.63) is 100 Å². The molecule has 0 fully saturated rings. The van der Waals surface area contributed by atoms with E-state index in [0.29, 0.717) is 0 Å². The molecule has 166 valence electrons. The summed E-state index contributed by atoms with van der Waals surface area (Å²) in [5.74, 6) is 0. The lowest BCUT2D eigenvalue weighted by Gasteiger charge is -2.11. The van der Waals surface area contributed by atoms with E-state index in [4.69, 9.17) is 0 Å². The van der Waals surface area contributed by atoms with Crippen molar-refractivity contribution in [3.8, 4) is 0 Å². The second kappa shape index (κ2) is 13.0. The van der Waals surface area contributed by atoms with Crippen LogP contribution in [0.25, 0.3) is 0 Å². The van der Waals surface area contributed by atoms with Crippen molar-refractivity contribution in [3.63, 3.8) is 0 Å². The van der Waals surface area contributed by atoms with Gasteiger partial charge in [-0.25, -0.2) is 0 Å². The second-order valence-corrected chi connectivity index (χ2v) is 8.77. The Morgan fingerprint density at radius 3 is 2.45 bits per heavy atom. The molecule has 1 nitrogen and oxygen atoms in total. The summed E-state index contributed by atoms with van der Waals surface area (Å²) < 4.78 is 0. The highest BCUT2D eigenvalue weighted by atomic mass is 14.9. The number of hydrogen-bond donors (Lipinski definition) is 1. The van der Waals surface area contributed by atoms with Crippen molar-refractivity contribution >= 4 is 5.69 Å². The Hall–Kier alpha value is -2.54. The van der Waals surface area contributed by atoms with Crippen LogP contribution in [-0.4, -0.2) is 0 Å². The molecule has 0 saturated heterocycles. The molecule has 0 amide bonds. The molecule has 2 aromatic rings. The maximum atomic E-state index is 3.99. The Morgan fingerprint density at radius 1 is 0.935 bits per heavy atom. The third kappa shape index (κ3) is 8.61. The lowest BCUT2D eigenvalue weighted by Crippen LogP contribution is -1.98. The van der Waals surface area contributed by atoms with Crippen LogP contribution in [0.4, 0.5) is 5.69 Å². The molecule has 0 aromatic heterocycles. The van der Waals surface area contributed by atoms with Crippen LogP contribution in [0.5, 0.6) is 0 Å². The third-order valence-corrected chi connectivity index (χ3v) is 5.80. The van der Waals surface area contributed by atoms with Gasteiger partial charge in [0.15, 0.2) is 0 Å². The fourth-order valence-corrected chi connectivity index (χ4v) is 3.93. The maximum Gasteiger partial charge on any atom is 0.0389 e. The van der Waals surface area contributed by atoms with E-state index in [1.807, 2.05) is 6.08 Å². The van der Waals surface area contributed by atoms with Crippen LogP contribution in [-0.2, 0) is 19.3 Å². The summed E-state index contributed by atoms with van der Waals surface area (Å²) in [6, 6.07) is 13.6. The standard InChI is InChI=1S/C30H41N/c1-7-10-11-12-13-28-21-27(16-15-25(28)6)18-23(4)14-17-29(9-3)31-30-20-24(5)19-26(8-2)22-30/h9,14-17,19-22,31H,3,7-8,10-13,18H2,1-2,4-6H3/b23-14-,29-17+. The average Bonchev–Trinajstić information content (AvgIpc) is 2.75. The van der Waals surface area contributed by atoms with E-state index in [1.165, 1.54) is 65.5 Å². The molecule has 0 spiro atoms. The zero-order chi connectivity index (χ0) is 22.6. The Bertz CT molecular complexity index is 914. The van der Waals surface area contributed by atoms with Crippen molar-refractivity contribution in [2.45, 2.75) is 79.6 Å². The van der Waals surface area contributed by atoms with E-state index in [2.05, 4.69) is 95.1 Å². The van der Waals surface area contributed by atoms with Crippen LogP contribution in [0, 0.1) is 13.8 Å². The van der Waals surface area contributed by atoms with E-state index in [0.717, 1.165) is 24.2 Å². The van der Waals surface area contributed by atoms with E-state index >= 15 is 0 Å². The second-order valence-electron chi connectivity index (χ2n) is 8.77. The van der Waals surface area contributed by atoms with Gasteiger partial charge in [-0.3, -0.25) is 0 Å². The molecule has 31 heavy (non-hydrogen) atoms. The smallest absolute Gasteiger partial charge is 0.0389 e. The number of anilines is 1. The summed E-state index contributed by atoms with van der Waals surface area (Å²) in [5.41, 5.74) is 10.5. The fourth-order valence-electron chi connectivity index (χ4n) is 3.93. The van der Waals surface area contributed by atoms with Gasteiger partial charge in [0.1, 0.15) is 0 Å². The minimum Gasteiger partial charge on any atom is -0.356 e.